The van der Waals surface area contributed by atoms with Gasteiger partial charge in [0.25, 0.3) is 0 Å². The first-order chi connectivity index (χ1) is 9.88. The second kappa shape index (κ2) is 6.53. The monoisotopic (exact) mass is 411 g/mol. The van der Waals surface area contributed by atoms with Crippen LogP contribution in [0.15, 0.2) is 27.5 Å². The molecule has 0 aliphatic rings. The van der Waals surface area contributed by atoms with Gasteiger partial charge in [-0.05, 0) is 70.3 Å². The summed E-state index contributed by atoms with van der Waals surface area (Å²) in [5, 5.41) is 7.85. The van der Waals surface area contributed by atoms with E-state index in [-0.39, 0.29) is 0 Å². The lowest BCUT2D eigenvalue weighted by molar-refractivity contribution is 1.10. The van der Waals surface area contributed by atoms with E-state index in [0.717, 1.165) is 42.7 Å². The summed E-state index contributed by atoms with van der Waals surface area (Å²) in [5.41, 5.74) is 10.4. The minimum atomic E-state index is 0.727. The zero-order valence-electron chi connectivity index (χ0n) is 11.9. The maximum absolute atomic E-state index is 5.64. The highest BCUT2D eigenvalue weighted by Crippen LogP contribution is 2.21. The van der Waals surface area contributed by atoms with E-state index >= 15 is 0 Å². The number of aromatic amines is 1. The Morgan fingerprint density at radius 1 is 1.00 bits per heavy atom. The van der Waals surface area contributed by atoms with Crippen LogP contribution in [0.3, 0.4) is 0 Å². The molecule has 0 amide bonds. The first-order valence-electron chi connectivity index (χ1n) is 6.24. The molecular weight excluding hydrogens is 398 g/mol. The van der Waals surface area contributed by atoms with Gasteiger partial charge in [0.05, 0.1) is 17.4 Å². The summed E-state index contributed by atoms with van der Waals surface area (Å²) in [6.45, 7) is 5.86. The van der Waals surface area contributed by atoms with Crippen molar-refractivity contribution >= 4 is 48.5 Å². The van der Waals surface area contributed by atoms with Gasteiger partial charge in [0.2, 0.25) is 0 Å². The molecule has 7 heteroatoms. The van der Waals surface area contributed by atoms with E-state index in [1.165, 1.54) is 0 Å². The standard InChI is InChI=1S/C7H6BrN3.C7H9BrN2/c1-4-2-5-3-9-11-6(5)7(8)10-4;1-4-3-5(2)10-7(8)6(4)9/h2-3H,1H3,(H,9,11);3H,9H2,1-2H3. The van der Waals surface area contributed by atoms with Crippen molar-refractivity contribution < 1.29 is 0 Å². The Kier molecular flexibility index (Phi) is 4.95. The number of nitrogens with zero attached hydrogens (tertiary/aromatic N) is 3. The van der Waals surface area contributed by atoms with E-state index in [1.807, 2.05) is 32.9 Å². The number of nitrogens with one attached hydrogen (secondary N) is 1. The summed E-state index contributed by atoms with van der Waals surface area (Å²) in [5.74, 6) is 0. The Labute approximate surface area is 139 Å². The van der Waals surface area contributed by atoms with Gasteiger partial charge in [0.1, 0.15) is 9.21 Å². The summed E-state index contributed by atoms with van der Waals surface area (Å²) in [6, 6.07) is 3.95. The normalized spacial score (nSPS) is 10.3. The lowest BCUT2D eigenvalue weighted by Crippen LogP contribution is -1.94. The summed E-state index contributed by atoms with van der Waals surface area (Å²) >= 11 is 6.61. The Hall–Kier alpha value is -1.47. The highest BCUT2D eigenvalue weighted by molar-refractivity contribution is 9.10. The van der Waals surface area contributed by atoms with Crippen molar-refractivity contribution in [1.82, 2.24) is 20.2 Å². The van der Waals surface area contributed by atoms with Crippen molar-refractivity contribution in [1.29, 1.82) is 0 Å². The topological polar surface area (TPSA) is 80.5 Å². The number of hydrogen-bond acceptors (Lipinski definition) is 4. The molecule has 3 rings (SSSR count). The zero-order chi connectivity index (χ0) is 15.6. The molecule has 0 atom stereocenters. The number of aryl methyl sites for hydroxylation is 3. The van der Waals surface area contributed by atoms with E-state index in [2.05, 4.69) is 52.0 Å². The highest BCUT2D eigenvalue weighted by Gasteiger charge is 2.01. The molecule has 0 aliphatic carbocycles. The fraction of sp³-hybridized carbons (Fsp3) is 0.214. The molecule has 0 unspecified atom stereocenters. The van der Waals surface area contributed by atoms with Crippen LogP contribution >= 0.6 is 31.9 Å². The van der Waals surface area contributed by atoms with Crippen LogP contribution in [0.5, 0.6) is 0 Å². The number of anilines is 1. The molecule has 21 heavy (non-hydrogen) atoms. The van der Waals surface area contributed by atoms with E-state index < -0.39 is 0 Å². The molecule has 3 heterocycles. The highest BCUT2D eigenvalue weighted by atomic mass is 79.9. The van der Waals surface area contributed by atoms with Gasteiger partial charge >= 0.3 is 0 Å². The van der Waals surface area contributed by atoms with Crippen LogP contribution in [-0.4, -0.2) is 20.2 Å². The first-order valence-corrected chi connectivity index (χ1v) is 7.82. The molecule has 3 N–H and O–H groups in total. The molecule has 0 saturated carbocycles. The van der Waals surface area contributed by atoms with Crippen molar-refractivity contribution in [3.63, 3.8) is 0 Å². The average molecular weight is 413 g/mol. The van der Waals surface area contributed by atoms with Gasteiger partial charge in [0, 0.05) is 16.8 Å². The van der Waals surface area contributed by atoms with Crippen LogP contribution in [0.2, 0.25) is 0 Å². The molecule has 5 nitrogen and oxygen atoms in total. The fourth-order valence-electron chi connectivity index (χ4n) is 1.84. The van der Waals surface area contributed by atoms with Crippen LogP contribution in [0.1, 0.15) is 17.0 Å². The van der Waals surface area contributed by atoms with Crippen LogP contribution in [0.25, 0.3) is 10.9 Å². The van der Waals surface area contributed by atoms with E-state index in [0.29, 0.717) is 0 Å². The average Bonchev–Trinajstić information content (AvgIpc) is 2.85. The van der Waals surface area contributed by atoms with Crippen LogP contribution < -0.4 is 5.73 Å². The number of fused-ring (bicyclic) bond motifs is 1. The minimum absolute atomic E-state index is 0.727. The second-order valence-corrected chi connectivity index (χ2v) is 6.18. The van der Waals surface area contributed by atoms with Crippen molar-refractivity contribution in [2.24, 2.45) is 0 Å². The van der Waals surface area contributed by atoms with Crippen molar-refractivity contribution in [3.8, 4) is 0 Å². The Morgan fingerprint density at radius 3 is 2.29 bits per heavy atom. The molecule has 0 radical (unpaired) electrons. The number of rotatable bonds is 0. The summed E-state index contributed by atoms with van der Waals surface area (Å²) in [6.07, 6.45) is 1.79. The van der Waals surface area contributed by atoms with Gasteiger partial charge in [-0.1, -0.05) is 0 Å². The Bertz CT molecular complexity index is 759. The van der Waals surface area contributed by atoms with E-state index in [1.54, 1.807) is 6.20 Å². The molecule has 0 aromatic carbocycles. The number of pyridine rings is 2. The van der Waals surface area contributed by atoms with Crippen molar-refractivity contribution in [2.75, 3.05) is 5.73 Å². The quantitative estimate of drug-likeness (QED) is 0.545. The van der Waals surface area contributed by atoms with Gasteiger partial charge in [-0.3, -0.25) is 5.10 Å². The molecule has 0 aliphatic heterocycles. The summed E-state index contributed by atoms with van der Waals surface area (Å²) in [4.78, 5) is 8.35. The van der Waals surface area contributed by atoms with E-state index in [4.69, 9.17) is 5.73 Å². The number of H-pyrrole nitrogens is 1. The maximum Gasteiger partial charge on any atom is 0.132 e. The largest absolute Gasteiger partial charge is 0.396 e. The lowest BCUT2D eigenvalue weighted by atomic mass is 10.2. The fourth-order valence-corrected chi connectivity index (χ4v) is 3.03. The first kappa shape index (κ1) is 15.9. The summed E-state index contributed by atoms with van der Waals surface area (Å²) < 4.78 is 1.56. The minimum Gasteiger partial charge on any atom is -0.396 e. The molecule has 0 spiro atoms. The van der Waals surface area contributed by atoms with E-state index in [9.17, 15) is 0 Å². The number of hydrogen-bond donors (Lipinski definition) is 2. The van der Waals surface area contributed by atoms with Crippen LogP contribution in [0, 0.1) is 20.8 Å². The predicted octanol–water partition coefficient (Wildman–Crippen LogP) is 4.07. The van der Waals surface area contributed by atoms with Crippen molar-refractivity contribution in [3.05, 3.63) is 44.5 Å². The number of nitrogen functional groups attached to an aromatic ring is 1. The second-order valence-electron chi connectivity index (χ2n) is 4.67. The molecular formula is C14H15Br2N5. The SMILES string of the molecule is Cc1cc(C)c(N)c(Br)n1.Cc1cc2cn[nH]c2c(Br)n1. The molecule has 0 bridgehead atoms. The molecule has 110 valence electrons. The zero-order valence-corrected chi connectivity index (χ0v) is 15.1. The third-order valence-electron chi connectivity index (χ3n) is 2.86. The van der Waals surface area contributed by atoms with Gasteiger partial charge in [-0.2, -0.15) is 5.10 Å². The lowest BCUT2D eigenvalue weighted by Gasteiger charge is -2.02. The van der Waals surface area contributed by atoms with Crippen LogP contribution in [0.4, 0.5) is 5.69 Å². The Balaban J connectivity index is 0.000000155. The smallest absolute Gasteiger partial charge is 0.132 e. The van der Waals surface area contributed by atoms with Gasteiger partial charge < -0.3 is 5.73 Å². The predicted molar refractivity (Wildman–Crippen MR) is 92.1 cm³/mol. The van der Waals surface area contributed by atoms with Crippen LogP contribution in [-0.2, 0) is 0 Å². The number of halogens is 2. The third kappa shape index (κ3) is 3.79. The molecule has 3 aromatic rings. The summed E-state index contributed by atoms with van der Waals surface area (Å²) in [7, 11) is 0. The third-order valence-corrected chi connectivity index (χ3v) is 4.04. The molecule has 0 fully saturated rings. The molecule has 3 aromatic heterocycles. The number of aromatic nitrogens is 4. The van der Waals surface area contributed by atoms with Gasteiger partial charge in [-0.25, -0.2) is 9.97 Å². The van der Waals surface area contributed by atoms with Gasteiger partial charge in [0.15, 0.2) is 0 Å². The molecule has 0 saturated heterocycles. The Morgan fingerprint density at radius 2 is 1.62 bits per heavy atom. The number of nitrogens with two attached hydrogens (primary N) is 1. The van der Waals surface area contributed by atoms with Gasteiger partial charge in [-0.15, -0.1) is 0 Å². The maximum atomic E-state index is 5.64. The van der Waals surface area contributed by atoms with Crippen molar-refractivity contribution in [2.45, 2.75) is 20.8 Å².